The molecule has 0 radical (unpaired) electrons. The van der Waals surface area contributed by atoms with E-state index >= 15 is 0 Å². The second-order valence-corrected chi connectivity index (χ2v) is 5.60. The molecule has 76 valence electrons. The van der Waals surface area contributed by atoms with Crippen LogP contribution in [0.25, 0.3) is 0 Å². The van der Waals surface area contributed by atoms with Crippen molar-refractivity contribution in [3.8, 4) is 10.8 Å². The van der Waals surface area contributed by atoms with Gasteiger partial charge in [-0.15, -0.1) is 0 Å². The van der Waals surface area contributed by atoms with Crippen LogP contribution in [0.3, 0.4) is 0 Å². The largest absolute Gasteiger partial charge is 0.314 e. The number of thioether (sulfide) groups is 2. The first kappa shape index (κ1) is 11.7. The Balaban J connectivity index is 2.89. The molecule has 0 bridgehead atoms. The summed E-state index contributed by atoms with van der Waals surface area (Å²) < 4.78 is 0. The van der Waals surface area contributed by atoms with Crippen LogP contribution in [-0.2, 0) is 0 Å². The summed E-state index contributed by atoms with van der Waals surface area (Å²) in [6.07, 6.45) is 3.32. The lowest BCUT2D eigenvalue weighted by Gasteiger charge is -2.44. The van der Waals surface area contributed by atoms with Crippen molar-refractivity contribution in [3.05, 3.63) is 0 Å². The molecule has 4 nitrogen and oxygen atoms in total. The van der Waals surface area contributed by atoms with Gasteiger partial charge in [0.2, 0.25) is 0 Å². The van der Waals surface area contributed by atoms with Crippen molar-refractivity contribution < 1.29 is 0 Å². The van der Waals surface area contributed by atoms with Crippen molar-refractivity contribution in [1.29, 1.82) is 10.5 Å². The molecule has 0 aliphatic heterocycles. The molecule has 0 aromatic carbocycles. The Kier molecular flexibility index (Phi) is 3.68. The molecule has 1 rings (SSSR count). The smallest absolute Gasteiger partial charge is 0.135 e. The lowest BCUT2D eigenvalue weighted by atomic mass is 9.90. The highest BCUT2D eigenvalue weighted by atomic mass is 32.2. The zero-order chi connectivity index (χ0) is 10.7. The molecule has 2 unspecified atom stereocenters. The van der Waals surface area contributed by atoms with E-state index in [-0.39, 0.29) is 0 Å². The second-order valence-electron chi connectivity index (χ2n) is 3.37. The first-order chi connectivity index (χ1) is 6.58. The third-order valence-corrected chi connectivity index (χ3v) is 4.70. The highest BCUT2D eigenvalue weighted by molar-refractivity contribution is 8.09. The van der Waals surface area contributed by atoms with Gasteiger partial charge in [0.1, 0.15) is 20.5 Å². The van der Waals surface area contributed by atoms with E-state index in [4.69, 9.17) is 22.0 Å². The first-order valence-corrected chi connectivity index (χ1v) is 5.93. The molecule has 14 heavy (non-hydrogen) atoms. The molecular weight excluding hydrogens is 216 g/mol. The van der Waals surface area contributed by atoms with Crippen molar-refractivity contribution in [3.63, 3.8) is 0 Å². The topological polar surface area (TPSA) is 99.6 Å². The van der Waals surface area contributed by atoms with Crippen molar-refractivity contribution in [2.45, 2.75) is 35.4 Å². The fourth-order valence-corrected chi connectivity index (χ4v) is 3.25. The van der Waals surface area contributed by atoms with Crippen LogP contribution < -0.4 is 11.5 Å². The van der Waals surface area contributed by atoms with E-state index in [0.29, 0.717) is 12.8 Å². The average Bonchev–Trinajstić information content (AvgIpc) is 2.12. The number of nitrogens with two attached hydrogens (primary N) is 2. The summed E-state index contributed by atoms with van der Waals surface area (Å²) >= 11 is 1.98. The van der Waals surface area contributed by atoms with Crippen LogP contribution in [0.2, 0.25) is 0 Å². The van der Waals surface area contributed by atoms with Crippen molar-refractivity contribution >= 4 is 23.5 Å². The minimum Gasteiger partial charge on any atom is -0.314 e. The van der Waals surface area contributed by atoms with Crippen LogP contribution in [0.4, 0.5) is 0 Å². The summed E-state index contributed by atoms with van der Waals surface area (Å²) in [4.78, 5) is -1.58. The van der Waals surface area contributed by atoms with Crippen LogP contribution in [0.15, 0.2) is 0 Å². The molecule has 4 N–H and O–H groups in total. The molecule has 1 saturated carbocycles. The van der Waals surface area contributed by atoms with E-state index in [2.05, 4.69) is 0 Å². The second kappa shape index (κ2) is 4.41. The molecule has 1 fully saturated rings. The van der Waals surface area contributed by atoms with Gasteiger partial charge in [0, 0.05) is 0 Å². The van der Waals surface area contributed by atoms with Crippen LogP contribution in [0.5, 0.6) is 0 Å². The molecule has 0 aromatic rings. The summed E-state index contributed by atoms with van der Waals surface area (Å²) in [7, 11) is 0. The maximum absolute atomic E-state index is 8.67. The zero-order valence-electron chi connectivity index (χ0n) is 7.69. The molecular formula is C8H12N4S2. The Labute approximate surface area is 92.0 Å². The molecule has 2 atom stereocenters. The fraction of sp³-hybridized carbons (Fsp3) is 0.750. The first-order valence-electron chi connectivity index (χ1n) is 4.30. The lowest BCUT2D eigenvalue weighted by Crippen LogP contribution is -2.63. The Morgan fingerprint density at radius 1 is 0.929 bits per heavy atom. The van der Waals surface area contributed by atoms with Gasteiger partial charge in [0.15, 0.2) is 0 Å². The van der Waals surface area contributed by atoms with Gasteiger partial charge >= 0.3 is 0 Å². The van der Waals surface area contributed by atoms with Gasteiger partial charge in [0.25, 0.3) is 0 Å². The Bertz CT molecular complexity index is 265. The lowest BCUT2D eigenvalue weighted by molar-refractivity contribution is 0.324. The molecule has 0 spiro atoms. The molecule has 6 heteroatoms. The minimum absolute atomic E-state index is 0.691. The van der Waals surface area contributed by atoms with Gasteiger partial charge in [0.05, 0.1) is 0 Å². The molecule has 0 amide bonds. The fourth-order valence-electron chi connectivity index (χ4n) is 1.64. The molecule has 0 saturated heterocycles. The number of nitrogens with zero attached hydrogens (tertiary/aromatic N) is 2. The SMILES string of the molecule is N#CSC1(N)CCCCC1(N)SC#N. The summed E-state index contributed by atoms with van der Waals surface area (Å²) in [5, 5.41) is 21.3. The van der Waals surface area contributed by atoms with E-state index < -0.39 is 9.74 Å². The number of hydrogen-bond donors (Lipinski definition) is 2. The summed E-state index contributed by atoms with van der Waals surface area (Å²) in [6.45, 7) is 0. The molecule has 0 aromatic heterocycles. The van der Waals surface area contributed by atoms with Crippen molar-refractivity contribution in [1.82, 2.24) is 0 Å². The third-order valence-electron chi connectivity index (χ3n) is 2.52. The van der Waals surface area contributed by atoms with Gasteiger partial charge in [-0.05, 0) is 36.4 Å². The van der Waals surface area contributed by atoms with Crippen LogP contribution in [0, 0.1) is 21.3 Å². The normalized spacial score (nSPS) is 37.1. The molecule has 1 aliphatic rings. The number of rotatable bonds is 2. The summed E-state index contributed by atoms with van der Waals surface area (Å²) in [5.41, 5.74) is 12.2. The highest BCUT2D eigenvalue weighted by Gasteiger charge is 2.49. The minimum atomic E-state index is -0.791. The van der Waals surface area contributed by atoms with Gasteiger partial charge in [-0.25, -0.2) is 0 Å². The van der Waals surface area contributed by atoms with E-state index in [1.807, 2.05) is 10.8 Å². The molecule has 1 aliphatic carbocycles. The molecule has 0 heterocycles. The maximum atomic E-state index is 8.67. The van der Waals surface area contributed by atoms with Gasteiger partial charge in [-0.2, -0.15) is 10.5 Å². The Morgan fingerprint density at radius 3 is 1.57 bits per heavy atom. The van der Waals surface area contributed by atoms with E-state index in [1.54, 1.807) is 0 Å². The summed E-state index contributed by atoms with van der Waals surface area (Å²) in [5.74, 6) is 0. The maximum Gasteiger partial charge on any atom is 0.135 e. The predicted octanol–water partition coefficient (Wildman–Crippen LogP) is 1.30. The highest BCUT2D eigenvalue weighted by Crippen LogP contribution is 2.46. The van der Waals surface area contributed by atoms with Crippen LogP contribution >= 0.6 is 23.5 Å². The number of nitriles is 2. The van der Waals surface area contributed by atoms with E-state index in [1.165, 1.54) is 0 Å². The van der Waals surface area contributed by atoms with E-state index in [9.17, 15) is 0 Å². The van der Waals surface area contributed by atoms with Crippen molar-refractivity contribution in [2.24, 2.45) is 11.5 Å². The number of hydrogen-bond acceptors (Lipinski definition) is 6. The van der Waals surface area contributed by atoms with Crippen LogP contribution in [0.1, 0.15) is 25.7 Å². The monoisotopic (exact) mass is 228 g/mol. The standard InChI is InChI=1S/C8H12N4S2/c9-5-13-7(11)3-1-2-4-8(7,12)14-6-10/h1-4,11-12H2. The third kappa shape index (κ3) is 1.99. The average molecular weight is 228 g/mol. The quantitative estimate of drug-likeness (QED) is 0.546. The Morgan fingerprint density at radius 2 is 1.29 bits per heavy atom. The summed E-state index contributed by atoms with van der Waals surface area (Å²) in [6, 6.07) is 0. The Hall–Kier alpha value is -0.400. The van der Waals surface area contributed by atoms with Gasteiger partial charge in [-0.1, -0.05) is 12.8 Å². The zero-order valence-corrected chi connectivity index (χ0v) is 9.33. The number of thiocyanates is 2. The van der Waals surface area contributed by atoms with E-state index in [0.717, 1.165) is 36.4 Å². The predicted molar refractivity (Wildman–Crippen MR) is 58.7 cm³/mol. The van der Waals surface area contributed by atoms with Crippen molar-refractivity contribution in [2.75, 3.05) is 0 Å². The van der Waals surface area contributed by atoms with Crippen LogP contribution in [-0.4, -0.2) is 9.74 Å². The van der Waals surface area contributed by atoms with Gasteiger partial charge in [-0.3, -0.25) is 0 Å². The van der Waals surface area contributed by atoms with Gasteiger partial charge < -0.3 is 11.5 Å².